The van der Waals surface area contributed by atoms with Gasteiger partial charge < -0.3 is 58.3 Å². The molecule has 0 bridgehead atoms. The van der Waals surface area contributed by atoms with E-state index >= 15 is 0 Å². The van der Waals surface area contributed by atoms with Crippen LogP contribution in [-0.2, 0) is 30.5 Å². The fourth-order valence-corrected chi connectivity index (χ4v) is 10.1. The second-order valence-corrected chi connectivity index (χ2v) is 15.9. The van der Waals surface area contributed by atoms with E-state index in [0.29, 0.717) is 49.4 Å². The number of aliphatic hydroxyl groups excluding tert-OH is 4. The van der Waals surface area contributed by atoms with Gasteiger partial charge in [0.05, 0.1) is 62.6 Å². The summed E-state index contributed by atoms with van der Waals surface area (Å²) in [7, 11) is 0. The van der Waals surface area contributed by atoms with Gasteiger partial charge in [0.25, 0.3) is 0 Å². The van der Waals surface area contributed by atoms with E-state index in [-0.39, 0.29) is 64.7 Å². The molecule has 0 aromatic heterocycles. The predicted molar refractivity (Wildman–Crippen MR) is 206 cm³/mol. The molecule has 0 amide bonds. The van der Waals surface area contributed by atoms with E-state index in [0.717, 1.165) is 54.7 Å². The first-order valence-electron chi connectivity index (χ1n) is 18.9. The highest BCUT2D eigenvalue weighted by Gasteiger charge is 2.50. The lowest BCUT2D eigenvalue weighted by molar-refractivity contribution is -0.278. The SMILES string of the molecule is OCCOc1ccc2c(c1OCCO)Sc1ccccc1C21OCC(CCC2COC3(OC2)c2ccccc2Sc2c3ccc(OCCO)c2OCCO)CO1. The van der Waals surface area contributed by atoms with E-state index in [4.69, 9.17) is 37.9 Å². The molecule has 2 saturated heterocycles. The molecule has 0 radical (unpaired) electrons. The van der Waals surface area contributed by atoms with Crippen LogP contribution >= 0.6 is 23.5 Å². The fourth-order valence-electron chi connectivity index (χ4n) is 7.63. The molecule has 12 nitrogen and oxygen atoms in total. The minimum absolute atomic E-state index is 0.0834. The first kappa shape index (κ1) is 39.3. The Hall–Kier alpha value is -3.54. The van der Waals surface area contributed by atoms with Crippen LogP contribution in [0, 0.1) is 11.8 Å². The highest BCUT2D eigenvalue weighted by atomic mass is 32.2. The number of benzene rings is 4. The molecule has 0 atom stereocenters. The summed E-state index contributed by atoms with van der Waals surface area (Å²) in [6.45, 7) is 1.67. The molecule has 14 heteroatoms. The minimum atomic E-state index is -1.15. The van der Waals surface area contributed by atoms with Crippen molar-refractivity contribution >= 4 is 23.5 Å². The molecule has 8 rings (SSSR count). The van der Waals surface area contributed by atoms with Crippen LogP contribution in [0.1, 0.15) is 35.1 Å². The van der Waals surface area contributed by atoms with Crippen molar-refractivity contribution in [2.24, 2.45) is 11.8 Å². The third kappa shape index (κ3) is 7.37. The standard InChI is InChI=1S/C42H46O12S2/c43-15-19-47-33-13-11-31-39(37(33)49-21-17-45)55-35-7-3-1-5-29(35)41(31)51-23-27(24-52-41)9-10-28-25-53-42(54-26-28)30-6-2-4-8-36(30)56-40-32(42)12-14-34(48-20-16-44)38(40)50-22-18-46/h1-8,11-14,27-28,43-46H,9-10,15-26H2. The normalized spacial score (nSPS) is 23.5. The van der Waals surface area contributed by atoms with E-state index in [2.05, 4.69) is 0 Å². The van der Waals surface area contributed by atoms with Gasteiger partial charge in [-0.15, -0.1) is 0 Å². The van der Waals surface area contributed by atoms with Crippen LogP contribution in [0.15, 0.2) is 92.4 Å². The van der Waals surface area contributed by atoms with Gasteiger partial charge in [-0.05, 0) is 49.2 Å². The maximum absolute atomic E-state index is 9.58. The van der Waals surface area contributed by atoms with E-state index in [1.54, 1.807) is 35.7 Å². The van der Waals surface area contributed by atoms with Crippen LogP contribution in [0.3, 0.4) is 0 Å². The lowest BCUT2D eigenvalue weighted by Crippen LogP contribution is -2.46. The van der Waals surface area contributed by atoms with Crippen LogP contribution in [0.4, 0.5) is 0 Å². The van der Waals surface area contributed by atoms with Crippen molar-refractivity contribution < 1.29 is 58.3 Å². The summed E-state index contributed by atoms with van der Waals surface area (Å²) in [5, 5.41) is 38.0. The molecular formula is C42H46O12S2. The first-order valence-corrected chi connectivity index (χ1v) is 20.6. The quantitative estimate of drug-likeness (QED) is 0.123. The molecule has 0 aliphatic carbocycles. The molecule has 2 spiro atoms. The summed E-state index contributed by atoms with van der Waals surface area (Å²) in [6, 6.07) is 23.6. The van der Waals surface area contributed by atoms with Gasteiger partial charge in [0.2, 0.25) is 11.6 Å². The number of hydrogen-bond acceptors (Lipinski definition) is 14. The average molecular weight is 807 g/mol. The summed E-state index contributed by atoms with van der Waals surface area (Å²) < 4.78 is 50.9. The maximum atomic E-state index is 9.58. The Balaban J connectivity index is 0.978. The summed E-state index contributed by atoms with van der Waals surface area (Å²) in [4.78, 5) is 3.54. The zero-order valence-corrected chi connectivity index (χ0v) is 32.5. The Kier molecular flexibility index (Phi) is 12.3. The van der Waals surface area contributed by atoms with Crippen molar-refractivity contribution in [1.29, 1.82) is 0 Å². The number of ether oxygens (including phenoxy) is 8. The first-order chi connectivity index (χ1) is 27.5. The molecule has 4 aliphatic heterocycles. The second-order valence-electron chi connectivity index (χ2n) is 13.8. The number of fused-ring (bicyclic) bond motifs is 8. The van der Waals surface area contributed by atoms with Crippen LogP contribution < -0.4 is 18.9 Å². The van der Waals surface area contributed by atoms with Crippen molar-refractivity contribution in [3.8, 4) is 23.0 Å². The average Bonchev–Trinajstić information content (AvgIpc) is 3.24. The second kappa shape index (κ2) is 17.5. The molecular weight excluding hydrogens is 761 g/mol. The van der Waals surface area contributed by atoms with Crippen molar-refractivity contribution in [3.05, 3.63) is 95.1 Å². The predicted octanol–water partition coefficient (Wildman–Crippen LogP) is 5.31. The van der Waals surface area contributed by atoms with Gasteiger partial charge in [-0.1, -0.05) is 59.9 Å². The van der Waals surface area contributed by atoms with E-state index in [1.807, 2.05) is 60.7 Å². The van der Waals surface area contributed by atoms with Gasteiger partial charge in [0.1, 0.15) is 26.4 Å². The largest absolute Gasteiger partial charge is 0.487 e. The van der Waals surface area contributed by atoms with Crippen LogP contribution in [0.5, 0.6) is 23.0 Å². The third-order valence-electron chi connectivity index (χ3n) is 10.2. The van der Waals surface area contributed by atoms with E-state index in [9.17, 15) is 20.4 Å². The van der Waals surface area contributed by atoms with Crippen LogP contribution in [0.2, 0.25) is 0 Å². The van der Waals surface area contributed by atoms with Crippen molar-refractivity contribution in [3.63, 3.8) is 0 Å². The number of hydrogen-bond donors (Lipinski definition) is 4. The molecule has 4 aromatic carbocycles. The maximum Gasteiger partial charge on any atom is 0.224 e. The molecule has 56 heavy (non-hydrogen) atoms. The topological polar surface area (TPSA) is 155 Å². The molecule has 298 valence electrons. The molecule has 4 heterocycles. The van der Waals surface area contributed by atoms with Crippen molar-refractivity contribution in [2.45, 2.75) is 44.0 Å². The monoisotopic (exact) mass is 806 g/mol. The van der Waals surface area contributed by atoms with Crippen LogP contribution in [-0.4, -0.2) is 99.7 Å². The Morgan fingerprint density at radius 3 is 1.25 bits per heavy atom. The molecule has 0 saturated carbocycles. The Morgan fingerprint density at radius 1 is 0.482 bits per heavy atom. The smallest absolute Gasteiger partial charge is 0.224 e. The zero-order chi connectivity index (χ0) is 38.5. The van der Waals surface area contributed by atoms with Gasteiger partial charge in [0, 0.05) is 43.9 Å². The summed E-state index contributed by atoms with van der Waals surface area (Å²) in [5.41, 5.74) is 3.48. The Bertz CT molecular complexity index is 1830. The van der Waals surface area contributed by atoms with Gasteiger partial charge in [-0.3, -0.25) is 0 Å². The summed E-state index contributed by atoms with van der Waals surface area (Å²) >= 11 is 3.09. The fraction of sp³-hybridized carbons (Fsp3) is 0.429. The Morgan fingerprint density at radius 2 is 0.857 bits per heavy atom. The van der Waals surface area contributed by atoms with Gasteiger partial charge in [-0.2, -0.15) is 0 Å². The zero-order valence-electron chi connectivity index (χ0n) is 30.9. The highest BCUT2D eigenvalue weighted by Crippen LogP contribution is 2.58. The lowest BCUT2D eigenvalue weighted by atomic mass is 9.91. The van der Waals surface area contributed by atoms with Crippen LogP contribution in [0.25, 0.3) is 0 Å². The highest BCUT2D eigenvalue weighted by molar-refractivity contribution is 8.00. The number of aliphatic hydroxyl groups is 4. The molecule has 4 N–H and O–H groups in total. The number of rotatable bonds is 15. The van der Waals surface area contributed by atoms with Gasteiger partial charge in [0.15, 0.2) is 23.0 Å². The van der Waals surface area contributed by atoms with E-state index < -0.39 is 11.6 Å². The van der Waals surface area contributed by atoms with Crippen molar-refractivity contribution in [2.75, 3.05) is 79.3 Å². The summed E-state index contributed by atoms with van der Waals surface area (Å²) in [5.74, 6) is -0.0956. The van der Waals surface area contributed by atoms with Gasteiger partial charge >= 0.3 is 0 Å². The van der Waals surface area contributed by atoms with Crippen molar-refractivity contribution in [1.82, 2.24) is 0 Å². The lowest BCUT2D eigenvalue weighted by Gasteiger charge is -2.45. The molecule has 2 fully saturated rings. The molecule has 0 unspecified atom stereocenters. The van der Waals surface area contributed by atoms with Gasteiger partial charge in [-0.25, -0.2) is 0 Å². The molecule has 4 aromatic rings. The Labute approximate surface area is 333 Å². The summed E-state index contributed by atoms with van der Waals surface area (Å²) in [6.07, 6.45) is 1.69. The third-order valence-corrected chi connectivity index (χ3v) is 12.6. The molecule has 4 aliphatic rings. The van der Waals surface area contributed by atoms with E-state index in [1.165, 1.54) is 0 Å². The minimum Gasteiger partial charge on any atom is -0.487 e.